The number of rotatable bonds is 40. The van der Waals surface area contributed by atoms with E-state index in [2.05, 4.69) is 0 Å². The van der Waals surface area contributed by atoms with Gasteiger partial charge in [-0.2, -0.15) is 65.9 Å². The Morgan fingerprint density at radius 3 is 1.03 bits per heavy atom. The molecule has 0 aromatic heterocycles. The van der Waals surface area contributed by atoms with Crippen LogP contribution in [0.25, 0.3) is 0 Å². The number of carbonyl (C=O) groups excluding carboxylic acids is 5. The highest BCUT2D eigenvalue weighted by Gasteiger charge is 2.43. The van der Waals surface area contributed by atoms with Crippen molar-refractivity contribution in [1.29, 1.82) is 0 Å². The summed E-state index contributed by atoms with van der Waals surface area (Å²) in [6.07, 6.45) is -28.6. The van der Waals surface area contributed by atoms with Crippen LogP contribution in [0.2, 0.25) is 0 Å². The molecule has 0 aromatic carbocycles. The summed E-state index contributed by atoms with van der Waals surface area (Å²) in [5.74, 6) is -11.3. The van der Waals surface area contributed by atoms with Crippen molar-refractivity contribution in [2.24, 2.45) is 10.8 Å². The van der Waals surface area contributed by atoms with Gasteiger partial charge >= 0.3 is 77.4 Å². The first-order chi connectivity index (χ1) is 34.7. The molecule has 0 saturated heterocycles. The largest absolute Gasteiger partial charge is 0.697 e. The van der Waals surface area contributed by atoms with Crippen molar-refractivity contribution in [2.45, 2.75) is 133 Å². The summed E-state index contributed by atoms with van der Waals surface area (Å²) in [7, 11) is -2.91. The van der Waals surface area contributed by atoms with E-state index >= 15 is 0 Å². The van der Waals surface area contributed by atoms with Crippen molar-refractivity contribution in [2.75, 3.05) is 79.5 Å². The molecule has 0 heterocycles. The second kappa shape index (κ2) is 34.9. The lowest BCUT2D eigenvalue weighted by atomic mass is 9.75. The minimum Gasteiger partial charge on any atom is -0.378 e. The van der Waals surface area contributed by atoms with E-state index in [1.54, 1.807) is 26.6 Å². The molecule has 18 nitrogen and oxygen atoms in total. The van der Waals surface area contributed by atoms with Crippen molar-refractivity contribution >= 4 is 46.5 Å². The Morgan fingerprint density at radius 1 is 0.467 bits per heavy atom. The molecule has 0 aliphatic rings. The Bertz CT molecular complexity index is 1630. The summed E-state index contributed by atoms with van der Waals surface area (Å²) in [6.45, 7) is -3.78. The normalized spacial score (nSPS) is 14.0. The number of alkyl halides is 15. The average Bonchev–Trinajstić information content (AvgIpc) is 3.30. The fourth-order valence-electron chi connectivity index (χ4n) is 7.08. The lowest BCUT2D eigenvalue weighted by Gasteiger charge is -2.35. The molecule has 35 heteroatoms. The number of hydrogen-bond acceptors (Lipinski definition) is 13. The monoisotopic (exact) mass is 1170 g/mol. The summed E-state index contributed by atoms with van der Waals surface area (Å²) < 4.78 is 249. The Kier molecular flexibility index (Phi) is 33.2. The molecule has 0 saturated carbocycles. The molecule has 0 aromatic rings. The van der Waals surface area contributed by atoms with E-state index in [0.29, 0.717) is 19.3 Å². The summed E-state index contributed by atoms with van der Waals surface area (Å²) >= 11 is 0. The molecule has 3 unspecified atom stereocenters. The Balaban J connectivity index is 6.17. The summed E-state index contributed by atoms with van der Waals surface area (Å²) in [5, 5.41) is 8.31. The number of unbranched alkanes of at least 4 members (excludes halogenated alkanes) is 1. The van der Waals surface area contributed by atoms with E-state index in [9.17, 15) is 99.0 Å². The molecule has 0 fully saturated rings. The van der Waals surface area contributed by atoms with Crippen LogP contribution in [0.15, 0.2) is 0 Å². The first-order valence-electron chi connectivity index (χ1n) is 22.8. The molecule has 5 N–H and O–H groups in total. The quantitative estimate of drug-likeness (QED) is 0.0224. The highest BCUT2D eigenvalue weighted by molar-refractivity contribution is 7.33. The first-order valence-corrected chi connectivity index (χ1v) is 24.6. The topological polar surface area (TPSA) is 235 Å². The van der Waals surface area contributed by atoms with E-state index in [1.165, 1.54) is 7.11 Å². The highest BCUT2D eigenvalue weighted by Crippen LogP contribution is 2.38. The van der Waals surface area contributed by atoms with Crippen LogP contribution in [0.4, 0.5) is 65.9 Å². The molecule has 438 valence electrons. The number of ether oxygens (including phenoxy) is 3. The van der Waals surface area contributed by atoms with Crippen LogP contribution in [0.1, 0.15) is 90.4 Å². The van der Waals surface area contributed by atoms with Crippen LogP contribution in [-0.2, 0) is 60.9 Å². The van der Waals surface area contributed by atoms with Gasteiger partial charge in [-0.25, -0.2) is 4.57 Å². The molecule has 0 aliphatic carbocycles. The predicted molar refractivity (Wildman–Crippen MR) is 230 cm³/mol. The van der Waals surface area contributed by atoms with Crippen LogP contribution in [0, 0.1) is 10.8 Å². The molecular formula is C40H61F15N5O13P2+. The van der Waals surface area contributed by atoms with Crippen LogP contribution >= 0.6 is 16.9 Å². The van der Waals surface area contributed by atoms with Crippen molar-refractivity contribution in [1.82, 2.24) is 26.6 Å². The van der Waals surface area contributed by atoms with Gasteiger partial charge in [0.15, 0.2) is 6.10 Å². The van der Waals surface area contributed by atoms with Crippen molar-refractivity contribution in [3.63, 3.8) is 0 Å². The summed E-state index contributed by atoms with van der Waals surface area (Å²) in [6, 6.07) is 0. The van der Waals surface area contributed by atoms with Crippen LogP contribution in [0.3, 0.4) is 0 Å². The molecule has 0 aliphatic heterocycles. The Labute approximate surface area is 423 Å². The third kappa shape index (κ3) is 32.6. The number of nitrogens with one attached hydrogen (secondary N) is 5. The molecular weight excluding hydrogens is 1110 g/mol. The minimum atomic E-state index is -5.28. The third-order valence-corrected chi connectivity index (χ3v) is 12.0. The predicted octanol–water partition coefficient (Wildman–Crippen LogP) is 7.77. The number of halogens is 15. The number of methoxy groups -OCH3 is 1. The van der Waals surface area contributed by atoms with Gasteiger partial charge < -0.3 is 40.8 Å². The number of carbonyl (C=O) groups is 5. The van der Waals surface area contributed by atoms with Gasteiger partial charge in [-0.1, -0.05) is 19.8 Å². The van der Waals surface area contributed by atoms with E-state index < -0.39 is 160 Å². The van der Waals surface area contributed by atoms with Gasteiger partial charge in [-0.15, -0.1) is 9.05 Å². The molecule has 75 heavy (non-hydrogen) atoms. The lowest BCUT2D eigenvalue weighted by molar-refractivity contribution is -0.173. The molecule has 5 amide bonds. The van der Waals surface area contributed by atoms with Crippen molar-refractivity contribution in [3.05, 3.63) is 0 Å². The van der Waals surface area contributed by atoms with E-state index in [4.69, 9.17) is 27.8 Å². The minimum absolute atomic E-state index is 0.0269. The van der Waals surface area contributed by atoms with Gasteiger partial charge in [0.25, 0.3) is 0 Å². The SMILES string of the molecule is CCCCC(CCCNC(=O)C(F)(F)F)(CCCNC(=O)C(F)(F)F)COCC(CO[P+](=O)OC(COCC(CCCNC(=O)C(F)(F)F)(CCCNC(=O)C(F)(F)F)CCCNC(=O)C(F)(F)F)COP=O)OC. The van der Waals surface area contributed by atoms with Gasteiger partial charge in [-0.3, -0.25) is 28.5 Å². The average molecular weight is 1170 g/mol. The third-order valence-electron chi connectivity index (χ3n) is 10.9. The maximum absolute atomic E-state index is 13.0. The summed E-state index contributed by atoms with van der Waals surface area (Å²) in [4.78, 5) is 56.9. The standard InChI is InChI=1S/C40H60F15N5O13P2/c1-3-4-10-34(11-5-16-56-29(61)36(41,42)43,12-6-17-57-30(62)37(44,45)46)25-69-21-27(68-2)24-72-75(67)73-28(23-71-74-66)22-70-26-35(13-7-18-58-31(63)38(47,48)49,14-8-19-59-32(64)39(50,51)52)15-9-20-60-33(65)40(53,54)55/h27-28H,3-26H2,1-2H3,(H4-,56,57,58,59,60,61,62,63,64,65)/p+1. The maximum atomic E-state index is 13.0. The zero-order valence-electron chi connectivity index (χ0n) is 40.5. The van der Waals surface area contributed by atoms with Crippen LogP contribution < -0.4 is 26.6 Å². The zero-order valence-corrected chi connectivity index (χ0v) is 42.3. The Hall–Kier alpha value is -3.74. The Morgan fingerprint density at radius 2 is 0.760 bits per heavy atom. The second-order valence-corrected chi connectivity index (χ2v) is 18.2. The van der Waals surface area contributed by atoms with E-state index in [0.717, 1.165) is 0 Å². The molecule has 0 radical (unpaired) electrons. The number of amides is 5. The molecule has 0 bridgehead atoms. The van der Waals surface area contributed by atoms with Crippen molar-refractivity contribution < 1.29 is 127 Å². The van der Waals surface area contributed by atoms with Crippen LogP contribution in [0.5, 0.6) is 0 Å². The smallest absolute Gasteiger partial charge is 0.378 e. The molecule has 3 atom stereocenters. The fraction of sp³-hybridized carbons (Fsp3) is 0.875. The first kappa shape index (κ1) is 71.3. The highest BCUT2D eigenvalue weighted by atomic mass is 31.1. The van der Waals surface area contributed by atoms with E-state index in [1.807, 2.05) is 6.92 Å². The van der Waals surface area contributed by atoms with Gasteiger partial charge in [-0.05, 0) is 81.5 Å². The zero-order chi connectivity index (χ0) is 57.6. The van der Waals surface area contributed by atoms with Crippen LogP contribution in [-0.4, -0.2) is 152 Å². The second-order valence-electron chi connectivity index (χ2n) is 16.9. The van der Waals surface area contributed by atoms with Gasteiger partial charge in [0.1, 0.15) is 12.7 Å². The summed E-state index contributed by atoms with van der Waals surface area (Å²) in [5.41, 5.74) is -2.31. The van der Waals surface area contributed by atoms with Gasteiger partial charge in [0, 0.05) is 44.4 Å². The van der Waals surface area contributed by atoms with E-state index in [-0.39, 0.29) is 77.4 Å². The fourth-order valence-corrected chi connectivity index (χ4v) is 8.02. The molecule has 0 rings (SSSR count). The van der Waals surface area contributed by atoms with Gasteiger partial charge in [0.2, 0.25) is 0 Å². The van der Waals surface area contributed by atoms with Gasteiger partial charge in [0.05, 0.1) is 33.0 Å². The maximum Gasteiger partial charge on any atom is 0.697 e. The lowest BCUT2D eigenvalue weighted by Crippen LogP contribution is -2.40. The number of hydrogen-bond donors (Lipinski definition) is 5. The molecule has 0 spiro atoms. The van der Waals surface area contributed by atoms with Crippen molar-refractivity contribution in [3.8, 4) is 0 Å².